The molecule has 0 radical (unpaired) electrons. The number of benzene rings is 1. The normalized spacial score (nSPS) is 19.1. The summed E-state index contributed by atoms with van der Waals surface area (Å²) in [5, 5.41) is 9.86. The molecule has 3 N–H and O–H groups in total. The highest BCUT2D eigenvalue weighted by molar-refractivity contribution is 5.92. The number of hydrogen-bond donors (Lipinski definition) is 3. The van der Waals surface area contributed by atoms with E-state index in [9.17, 15) is 9.59 Å². The van der Waals surface area contributed by atoms with Gasteiger partial charge in [0, 0.05) is 51.3 Å². The van der Waals surface area contributed by atoms with Crippen LogP contribution in [0.3, 0.4) is 0 Å². The summed E-state index contributed by atoms with van der Waals surface area (Å²) in [5.74, 6) is 0.145. The fourth-order valence-corrected chi connectivity index (χ4v) is 6.43. The van der Waals surface area contributed by atoms with Gasteiger partial charge in [-0.25, -0.2) is 4.98 Å². The van der Waals surface area contributed by atoms with Gasteiger partial charge in [-0.3, -0.25) is 14.6 Å². The average Bonchev–Trinajstić information content (AvgIpc) is 3.82. The molecule has 0 bridgehead atoms. The number of carbonyl (C=O) groups excluding carboxylic acids is 2. The molecule has 7 rings (SSSR count). The smallest absolute Gasteiger partial charge is 0.293 e. The van der Waals surface area contributed by atoms with Gasteiger partial charge in [-0.05, 0) is 93.6 Å². The zero-order chi connectivity index (χ0) is 33.2. The molecule has 47 heavy (non-hydrogen) atoms. The second-order valence-electron chi connectivity index (χ2n) is 13.2. The molecule has 10 heteroatoms. The van der Waals surface area contributed by atoms with Gasteiger partial charge in [0.25, 0.3) is 6.47 Å². The fourth-order valence-electron chi connectivity index (χ4n) is 6.43. The minimum atomic E-state index is -0.282. The van der Waals surface area contributed by atoms with E-state index < -0.39 is 0 Å². The molecule has 252 valence electrons. The van der Waals surface area contributed by atoms with Crippen molar-refractivity contribution in [1.82, 2.24) is 35.4 Å². The predicted molar refractivity (Wildman–Crippen MR) is 186 cm³/mol. The minimum absolute atomic E-state index is 0.145. The first-order chi connectivity index (χ1) is 22.8. The van der Waals surface area contributed by atoms with E-state index in [1.54, 1.807) is 6.33 Å². The second-order valence-corrected chi connectivity index (χ2v) is 13.2. The van der Waals surface area contributed by atoms with Crippen LogP contribution in [0.15, 0.2) is 49.1 Å². The fraction of sp³-hybridized carbons (Fsp3) is 0.514. The number of likely N-dealkylation sites (N-methyl/N-ethyl adjacent to an activating group) is 1. The number of aromatic nitrogens is 3. The Balaban J connectivity index is 0.000000221. The molecule has 10 nitrogen and oxygen atoms in total. The van der Waals surface area contributed by atoms with E-state index in [-0.39, 0.29) is 23.5 Å². The molecule has 1 unspecified atom stereocenters. The van der Waals surface area contributed by atoms with Crippen LogP contribution in [0.5, 0.6) is 0 Å². The van der Waals surface area contributed by atoms with Crippen molar-refractivity contribution in [3.05, 3.63) is 82.7 Å². The Morgan fingerprint density at radius 1 is 1.13 bits per heavy atom. The summed E-state index contributed by atoms with van der Waals surface area (Å²) in [6.45, 7) is 11.4. The molecule has 2 aromatic heterocycles. The Labute approximate surface area is 279 Å². The first-order valence-corrected chi connectivity index (χ1v) is 17.0. The van der Waals surface area contributed by atoms with Crippen molar-refractivity contribution >= 4 is 24.0 Å². The third-order valence-electron chi connectivity index (χ3n) is 9.79. The summed E-state index contributed by atoms with van der Waals surface area (Å²) in [4.78, 5) is 34.5. The van der Waals surface area contributed by atoms with Gasteiger partial charge in [-0.2, -0.15) is 0 Å². The largest absolute Gasteiger partial charge is 0.464 e. The first kappa shape index (κ1) is 34.5. The SMILES string of the molecule is CCC1(C(=O)NC(C2=Cc3cccnc3Cc3ccc(C)cc32)c2cncn2C)CC1.CN1CCNCC1.O=COC1CCNCC1. The number of piperazine rings is 1. The summed E-state index contributed by atoms with van der Waals surface area (Å²) in [6.07, 6.45) is 13.4. The standard InChI is InChI=1S/C26H28N4O.C6H11NO2.C5H12N2/c1-4-26(9-10-26)25(31)29-24(23-15-27-16-30(23)3)21-13-19-6-5-11-28-22(19)14-18-8-7-17(2)12-20(18)21;8-5-9-6-1-3-7-4-2-6;1-7-4-2-6-3-5-7/h5-8,11-13,15-16,24H,4,9-10,14H2,1-3H3,(H,29,31);5-7H,1-4H2;6H,2-5H2,1H3. The Kier molecular flexibility index (Phi) is 12.0. The predicted octanol–water partition coefficient (Wildman–Crippen LogP) is 4.05. The zero-order valence-electron chi connectivity index (χ0n) is 28.4. The highest BCUT2D eigenvalue weighted by atomic mass is 16.5. The van der Waals surface area contributed by atoms with Crippen LogP contribution < -0.4 is 16.0 Å². The summed E-state index contributed by atoms with van der Waals surface area (Å²) in [6, 6.07) is 10.4. The number of amides is 1. The highest BCUT2D eigenvalue weighted by Gasteiger charge is 2.49. The van der Waals surface area contributed by atoms with Gasteiger partial charge in [-0.15, -0.1) is 0 Å². The third kappa shape index (κ3) is 8.94. The molecule has 1 aromatic carbocycles. The summed E-state index contributed by atoms with van der Waals surface area (Å²) in [7, 11) is 4.14. The van der Waals surface area contributed by atoms with Gasteiger partial charge < -0.3 is 30.2 Å². The monoisotopic (exact) mass is 641 g/mol. The molecule has 2 aliphatic carbocycles. The zero-order valence-corrected chi connectivity index (χ0v) is 28.4. The lowest BCUT2D eigenvalue weighted by Crippen LogP contribution is -2.40. The van der Waals surface area contributed by atoms with Gasteiger partial charge >= 0.3 is 0 Å². The number of piperidine rings is 1. The minimum Gasteiger partial charge on any atom is -0.464 e. The lowest BCUT2D eigenvalue weighted by molar-refractivity contribution is -0.134. The van der Waals surface area contributed by atoms with Gasteiger partial charge in [0.1, 0.15) is 6.10 Å². The first-order valence-electron chi connectivity index (χ1n) is 17.0. The summed E-state index contributed by atoms with van der Waals surface area (Å²) >= 11 is 0. The van der Waals surface area contributed by atoms with Crippen molar-refractivity contribution < 1.29 is 14.3 Å². The maximum absolute atomic E-state index is 13.3. The molecule has 2 saturated heterocycles. The van der Waals surface area contributed by atoms with E-state index in [1.165, 1.54) is 29.8 Å². The van der Waals surface area contributed by atoms with Crippen molar-refractivity contribution in [2.24, 2.45) is 12.5 Å². The summed E-state index contributed by atoms with van der Waals surface area (Å²) in [5.41, 5.74) is 7.62. The number of fused-ring (bicyclic) bond motifs is 2. The van der Waals surface area contributed by atoms with E-state index in [0.29, 0.717) is 6.47 Å². The van der Waals surface area contributed by atoms with Crippen LogP contribution in [-0.2, 0) is 27.8 Å². The topological polar surface area (TPSA) is 113 Å². The number of aryl methyl sites for hydroxylation is 2. The molecule has 1 saturated carbocycles. The maximum Gasteiger partial charge on any atom is 0.293 e. The van der Waals surface area contributed by atoms with E-state index in [2.05, 4.69) is 82.1 Å². The van der Waals surface area contributed by atoms with Crippen molar-refractivity contribution in [3.63, 3.8) is 0 Å². The number of rotatable bonds is 7. The van der Waals surface area contributed by atoms with Crippen LogP contribution in [0.4, 0.5) is 0 Å². The van der Waals surface area contributed by atoms with Crippen LogP contribution in [0, 0.1) is 12.3 Å². The van der Waals surface area contributed by atoms with E-state index >= 15 is 0 Å². The molecular weight excluding hydrogens is 590 g/mol. The van der Waals surface area contributed by atoms with Gasteiger partial charge in [0.2, 0.25) is 5.91 Å². The lowest BCUT2D eigenvalue weighted by atomic mass is 9.90. The second kappa shape index (κ2) is 16.3. The number of nitrogens with zero attached hydrogens (tertiary/aromatic N) is 4. The number of pyridine rings is 1. The van der Waals surface area contributed by atoms with Gasteiger partial charge in [0.05, 0.1) is 30.0 Å². The van der Waals surface area contributed by atoms with E-state index in [4.69, 9.17) is 4.74 Å². The molecule has 0 spiro atoms. The van der Waals surface area contributed by atoms with Crippen LogP contribution in [0.2, 0.25) is 0 Å². The van der Waals surface area contributed by atoms with Crippen molar-refractivity contribution in [2.75, 3.05) is 46.3 Å². The van der Waals surface area contributed by atoms with Crippen LogP contribution in [0.1, 0.15) is 78.7 Å². The molecule has 4 aliphatic rings. The van der Waals surface area contributed by atoms with Crippen molar-refractivity contribution in [1.29, 1.82) is 0 Å². The molecule has 3 fully saturated rings. The Morgan fingerprint density at radius 3 is 2.49 bits per heavy atom. The molecule has 3 aromatic rings. The quantitative estimate of drug-likeness (QED) is 0.332. The molecule has 1 atom stereocenters. The number of carbonyl (C=O) groups is 2. The summed E-state index contributed by atoms with van der Waals surface area (Å²) < 4.78 is 6.76. The molecule has 1 amide bonds. The van der Waals surface area contributed by atoms with Gasteiger partial charge in [0.15, 0.2) is 0 Å². The lowest BCUT2D eigenvalue weighted by Gasteiger charge is -2.26. The maximum atomic E-state index is 13.3. The number of imidazole rings is 1. The highest BCUT2D eigenvalue weighted by Crippen LogP contribution is 2.49. The van der Waals surface area contributed by atoms with Crippen LogP contribution in [-0.4, -0.2) is 84.2 Å². The van der Waals surface area contributed by atoms with Crippen molar-refractivity contribution in [2.45, 2.75) is 64.5 Å². The molecule has 4 heterocycles. The average molecular weight is 642 g/mol. The number of hydrogen-bond acceptors (Lipinski definition) is 8. The Bertz CT molecular complexity index is 1520. The van der Waals surface area contributed by atoms with Gasteiger partial charge in [-0.1, -0.05) is 36.8 Å². The third-order valence-corrected chi connectivity index (χ3v) is 9.79. The number of ether oxygens (including phenoxy) is 1. The Hall–Kier alpha value is -3.86. The van der Waals surface area contributed by atoms with E-state index in [0.717, 1.165) is 87.2 Å². The molecular formula is C37H51N7O3. The van der Waals surface area contributed by atoms with Crippen molar-refractivity contribution in [3.8, 4) is 0 Å². The number of nitrogens with one attached hydrogen (secondary N) is 3. The van der Waals surface area contributed by atoms with Crippen LogP contribution in [0.25, 0.3) is 11.6 Å². The Morgan fingerprint density at radius 2 is 1.87 bits per heavy atom. The molecule has 2 aliphatic heterocycles. The van der Waals surface area contributed by atoms with Crippen LogP contribution >= 0.6 is 0 Å². The van der Waals surface area contributed by atoms with E-state index in [1.807, 2.05) is 30.1 Å².